The van der Waals surface area contributed by atoms with E-state index in [1.165, 1.54) is 32.6 Å². The Labute approximate surface area is 206 Å². The summed E-state index contributed by atoms with van der Waals surface area (Å²) in [6.45, 7) is 10.2. The lowest BCUT2D eigenvalue weighted by Gasteiger charge is -2.46. The van der Waals surface area contributed by atoms with Crippen molar-refractivity contribution in [2.45, 2.75) is 26.2 Å². The van der Waals surface area contributed by atoms with Crippen molar-refractivity contribution in [3.05, 3.63) is 143 Å². The molecule has 0 saturated carbocycles. The van der Waals surface area contributed by atoms with E-state index < -0.39 is 16.1 Å². The van der Waals surface area contributed by atoms with Gasteiger partial charge in [0, 0.05) is 0 Å². The zero-order valence-electron chi connectivity index (χ0n) is 20.5. The summed E-state index contributed by atoms with van der Waals surface area (Å²) in [4.78, 5) is 0. The molecule has 2 heteroatoms. The van der Waals surface area contributed by atoms with Gasteiger partial charge < -0.3 is 0 Å². The normalized spacial score (nSPS) is 14.2. The molecule has 0 amide bonds. The Kier molecular flexibility index (Phi) is 5.89. The zero-order chi connectivity index (χ0) is 23.8. The minimum Gasteiger partial charge on any atom is -0.0626 e. The van der Waals surface area contributed by atoms with Crippen LogP contribution in [0.1, 0.15) is 11.1 Å². The van der Waals surface area contributed by atoms with Crippen molar-refractivity contribution >= 4 is 37.7 Å². The van der Waals surface area contributed by atoms with Crippen LogP contribution in [0.25, 0.3) is 11.1 Å². The molecule has 0 aliphatic heterocycles. The molecule has 0 heterocycles. The average Bonchev–Trinajstić information content (AvgIpc) is 2.85. The number of rotatable bonds is 6. The standard InChI is InChI=1S/C32H32Si2/c1-33(2,27-21-13-7-14-22-27)31-29(25-17-9-5-10-18-25)30(26-19-11-6-12-20-26)32(31)34(3,4)28-23-15-8-16-24-28/h5-24H,1-4H3. The number of hydrogen-bond acceptors (Lipinski definition) is 0. The smallest absolute Gasteiger partial charge is 0.0626 e. The van der Waals surface area contributed by atoms with Crippen LogP contribution in [0.15, 0.2) is 132 Å². The Bertz CT molecular complexity index is 1240. The van der Waals surface area contributed by atoms with Crippen LogP contribution in [0, 0.1) is 0 Å². The van der Waals surface area contributed by atoms with Gasteiger partial charge in [0.1, 0.15) is 16.1 Å². The third kappa shape index (κ3) is 3.77. The van der Waals surface area contributed by atoms with Crippen molar-refractivity contribution in [2.24, 2.45) is 0 Å². The predicted molar refractivity (Wildman–Crippen MR) is 154 cm³/mol. The third-order valence-corrected chi connectivity index (χ3v) is 14.7. The summed E-state index contributed by atoms with van der Waals surface area (Å²) in [5, 5.41) is 6.29. The first-order valence-corrected chi connectivity index (χ1v) is 18.1. The molecule has 0 nitrogen and oxygen atoms in total. The first-order valence-electron chi connectivity index (χ1n) is 12.1. The first-order chi connectivity index (χ1) is 16.4. The molecule has 34 heavy (non-hydrogen) atoms. The van der Waals surface area contributed by atoms with Crippen LogP contribution in [0.4, 0.5) is 0 Å². The van der Waals surface area contributed by atoms with E-state index in [-0.39, 0.29) is 0 Å². The van der Waals surface area contributed by atoms with Gasteiger partial charge in [-0.05, 0) is 32.7 Å². The minimum absolute atomic E-state index is 1.34. The number of hydrogen-bond donors (Lipinski definition) is 0. The Balaban J connectivity index is 1.82. The Morgan fingerprint density at radius 3 is 0.912 bits per heavy atom. The predicted octanol–water partition coefficient (Wildman–Crippen LogP) is 7.22. The molecule has 0 aromatic heterocycles. The maximum atomic E-state index is 2.54. The summed E-state index contributed by atoms with van der Waals surface area (Å²) in [7, 11) is -3.93. The van der Waals surface area contributed by atoms with Crippen molar-refractivity contribution in [1.29, 1.82) is 0 Å². The van der Waals surface area contributed by atoms with Gasteiger partial charge in [-0.1, -0.05) is 158 Å². The summed E-state index contributed by atoms with van der Waals surface area (Å²) in [5.74, 6) is 0. The SMILES string of the molecule is C[Si](C)(C1=C([Si](C)(C)c2ccccc2)C(c2ccccc2)=C1c1ccccc1)c1ccccc1. The molecular weight excluding hydrogens is 441 g/mol. The van der Waals surface area contributed by atoms with Gasteiger partial charge in [-0.15, -0.1) is 0 Å². The van der Waals surface area contributed by atoms with E-state index in [9.17, 15) is 0 Å². The van der Waals surface area contributed by atoms with Crippen LogP contribution in [0.2, 0.25) is 26.2 Å². The molecule has 0 spiro atoms. The molecule has 168 valence electrons. The van der Waals surface area contributed by atoms with E-state index >= 15 is 0 Å². The fourth-order valence-electron chi connectivity index (χ4n) is 5.47. The minimum atomic E-state index is -1.97. The summed E-state index contributed by atoms with van der Waals surface area (Å²) < 4.78 is 0. The first kappa shape index (κ1) is 22.6. The average molecular weight is 473 g/mol. The maximum absolute atomic E-state index is 2.54. The van der Waals surface area contributed by atoms with E-state index in [0.717, 1.165) is 0 Å². The van der Waals surface area contributed by atoms with Crippen LogP contribution >= 0.6 is 0 Å². The Morgan fingerprint density at radius 1 is 0.353 bits per heavy atom. The molecule has 0 saturated heterocycles. The lowest BCUT2D eigenvalue weighted by atomic mass is 9.86. The maximum Gasteiger partial charge on any atom is 0.112 e. The number of allylic oxidation sites excluding steroid dienone is 4. The van der Waals surface area contributed by atoms with Crippen LogP contribution in [0.5, 0.6) is 0 Å². The second-order valence-electron chi connectivity index (χ2n) is 10.2. The van der Waals surface area contributed by atoms with Gasteiger partial charge in [-0.2, -0.15) is 0 Å². The quantitative estimate of drug-likeness (QED) is 0.260. The van der Waals surface area contributed by atoms with Gasteiger partial charge >= 0.3 is 0 Å². The largest absolute Gasteiger partial charge is 0.112 e. The molecule has 4 aromatic rings. The molecule has 1 aliphatic carbocycles. The summed E-state index contributed by atoms with van der Waals surface area (Å²) in [6.07, 6.45) is 0. The van der Waals surface area contributed by atoms with Gasteiger partial charge in [0.15, 0.2) is 0 Å². The van der Waals surface area contributed by atoms with Gasteiger partial charge in [0.05, 0.1) is 0 Å². The van der Waals surface area contributed by atoms with E-state index in [1.807, 2.05) is 0 Å². The van der Waals surface area contributed by atoms with E-state index in [4.69, 9.17) is 0 Å². The van der Waals surface area contributed by atoms with Crippen LogP contribution in [0.3, 0.4) is 0 Å². The highest BCUT2D eigenvalue weighted by Gasteiger charge is 2.47. The summed E-state index contributed by atoms with van der Waals surface area (Å²) in [5.41, 5.74) is 5.63. The number of benzene rings is 4. The molecule has 0 fully saturated rings. The molecule has 0 radical (unpaired) electrons. The lowest BCUT2D eigenvalue weighted by molar-refractivity contribution is 1.46. The highest BCUT2D eigenvalue weighted by atomic mass is 28.3. The molecular formula is C32H32Si2. The summed E-state index contributed by atoms with van der Waals surface area (Å²) in [6, 6.07) is 44.6. The monoisotopic (exact) mass is 472 g/mol. The molecule has 5 rings (SSSR count). The van der Waals surface area contributed by atoms with Gasteiger partial charge in [0.2, 0.25) is 0 Å². The molecule has 1 aliphatic rings. The Morgan fingerprint density at radius 2 is 0.618 bits per heavy atom. The topological polar surface area (TPSA) is 0 Å². The van der Waals surface area contributed by atoms with Crippen LogP contribution in [-0.2, 0) is 0 Å². The van der Waals surface area contributed by atoms with E-state index in [2.05, 4.69) is 148 Å². The van der Waals surface area contributed by atoms with Crippen LogP contribution < -0.4 is 10.4 Å². The van der Waals surface area contributed by atoms with Gasteiger partial charge in [-0.25, -0.2) is 0 Å². The Hall–Kier alpha value is -3.21. The highest BCUT2D eigenvalue weighted by Crippen LogP contribution is 2.53. The molecule has 4 aromatic carbocycles. The fraction of sp³-hybridized carbons (Fsp3) is 0.125. The molecule has 0 atom stereocenters. The fourth-order valence-corrected chi connectivity index (χ4v) is 13.3. The summed E-state index contributed by atoms with van der Waals surface area (Å²) >= 11 is 0. The molecule has 0 unspecified atom stereocenters. The van der Waals surface area contributed by atoms with Crippen molar-refractivity contribution < 1.29 is 0 Å². The van der Waals surface area contributed by atoms with Crippen LogP contribution in [-0.4, -0.2) is 16.1 Å². The van der Waals surface area contributed by atoms with Gasteiger partial charge in [-0.3, -0.25) is 0 Å². The van der Waals surface area contributed by atoms with Crippen molar-refractivity contribution in [2.75, 3.05) is 0 Å². The zero-order valence-corrected chi connectivity index (χ0v) is 22.5. The lowest BCUT2D eigenvalue weighted by Crippen LogP contribution is -2.53. The highest BCUT2D eigenvalue weighted by molar-refractivity contribution is 7.05. The second kappa shape index (κ2) is 8.86. The van der Waals surface area contributed by atoms with Crippen molar-refractivity contribution in [3.8, 4) is 0 Å². The molecule has 0 N–H and O–H groups in total. The van der Waals surface area contributed by atoms with Gasteiger partial charge in [0.25, 0.3) is 0 Å². The molecule has 0 bridgehead atoms. The van der Waals surface area contributed by atoms with Crippen molar-refractivity contribution in [1.82, 2.24) is 0 Å². The second-order valence-corrected chi connectivity index (χ2v) is 18.9. The van der Waals surface area contributed by atoms with Crippen molar-refractivity contribution in [3.63, 3.8) is 0 Å². The van der Waals surface area contributed by atoms with E-state index in [0.29, 0.717) is 0 Å². The van der Waals surface area contributed by atoms with E-state index in [1.54, 1.807) is 10.4 Å². The third-order valence-electron chi connectivity index (χ3n) is 7.37.